The number of carbonyl (C=O) groups is 2. The van der Waals surface area contributed by atoms with Gasteiger partial charge in [-0.05, 0) is 23.6 Å². The van der Waals surface area contributed by atoms with Gasteiger partial charge in [0.2, 0.25) is 0 Å². The van der Waals surface area contributed by atoms with E-state index in [0.29, 0.717) is 6.42 Å². The molecule has 0 fully saturated rings. The van der Waals surface area contributed by atoms with Crippen LogP contribution in [0.15, 0.2) is 79.1 Å². The van der Waals surface area contributed by atoms with Gasteiger partial charge in [-0.1, -0.05) is 60.7 Å². The van der Waals surface area contributed by atoms with E-state index in [1.807, 2.05) is 36.4 Å². The van der Waals surface area contributed by atoms with E-state index in [1.165, 1.54) is 22.3 Å². The van der Waals surface area contributed by atoms with E-state index in [4.69, 9.17) is 15.0 Å². The lowest BCUT2D eigenvalue weighted by molar-refractivity contribution is -0.696. The van der Waals surface area contributed by atoms with Crippen molar-refractivity contribution in [3.63, 3.8) is 0 Å². The molecule has 0 bridgehead atoms. The average Bonchev–Trinajstić information content (AvgIpc) is 2.77. The highest BCUT2D eigenvalue weighted by Gasteiger charge is 2.38. The zero-order valence-corrected chi connectivity index (χ0v) is 17.1. The molecule has 0 aliphatic rings. The summed E-state index contributed by atoms with van der Waals surface area (Å²) in [7, 11) is 0. The topological polar surface area (TPSA) is 78.5 Å². The lowest BCUT2D eigenvalue weighted by Gasteiger charge is -2.06. The molecule has 3 aromatic rings. The molecule has 0 aliphatic heterocycles. The van der Waals surface area contributed by atoms with E-state index in [1.54, 1.807) is 0 Å². The number of alkyl halides is 3. The Bertz CT molecular complexity index is 965. The van der Waals surface area contributed by atoms with Crippen LogP contribution in [0, 0.1) is 0 Å². The predicted molar refractivity (Wildman–Crippen MR) is 113 cm³/mol. The number of aryl methyl sites for hydroxylation is 1. The van der Waals surface area contributed by atoms with Crippen LogP contribution < -0.4 is 4.57 Å². The number of hydrogen-bond acceptors (Lipinski definition) is 2. The van der Waals surface area contributed by atoms with Crippen molar-refractivity contribution in [2.75, 3.05) is 0 Å². The molecule has 1 heterocycles. The summed E-state index contributed by atoms with van der Waals surface area (Å²) in [4.78, 5) is 19.6. The van der Waals surface area contributed by atoms with Gasteiger partial charge in [0, 0.05) is 24.0 Å². The first-order valence-electron chi connectivity index (χ1n) is 9.83. The number of carboxylic acids is 2. The van der Waals surface area contributed by atoms with Crippen LogP contribution in [0.25, 0.3) is 22.3 Å². The summed E-state index contributed by atoms with van der Waals surface area (Å²) in [6.45, 7) is 0.813. The molecular weight excluding hydrogens is 423 g/mol. The maximum Gasteiger partial charge on any atom is 0.490 e. The molecule has 168 valence electrons. The molecule has 2 aromatic carbocycles. The zero-order valence-electron chi connectivity index (χ0n) is 17.1. The Labute approximate surface area is 183 Å². The number of aliphatic carboxylic acids is 2. The van der Waals surface area contributed by atoms with Crippen molar-refractivity contribution >= 4 is 11.9 Å². The molecule has 0 saturated heterocycles. The number of carboxylic acid groups (broad SMARTS) is 2. The van der Waals surface area contributed by atoms with Crippen molar-refractivity contribution in [2.45, 2.75) is 32.0 Å². The number of benzene rings is 2. The number of aromatic nitrogens is 1. The first kappa shape index (κ1) is 24.6. The monoisotopic (exact) mass is 446 g/mol. The van der Waals surface area contributed by atoms with Crippen molar-refractivity contribution < 1.29 is 37.5 Å². The fraction of sp³-hybridized carbons (Fsp3) is 0.208. The number of pyridine rings is 1. The van der Waals surface area contributed by atoms with Crippen LogP contribution in [0.3, 0.4) is 0 Å². The Kier molecular flexibility index (Phi) is 8.95. The quantitative estimate of drug-likeness (QED) is 0.386. The third-order valence-corrected chi connectivity index (χ3v) is 4.43. The standard InChI is InChI=1S/C22H21NO2.C2HF3O2/c24-22(25)13-7-8-14-23-16-20(18-9-3-1-4-10-18)15-21(17-23)19-11-5-2-6-12-19;3-2(4,5)1(6)7/h1-6,9-12,15-17H,7-8,13-14H2;(H,6,7)/p+1. The Hall–Kier alpha value is -3.68. The SMILES string of the molecule is O=C(O)C(F)(F)F.O=C(O)CCCC[n+]1cc(-c2ccccc2)cc(-c2ccccc2)c1. The summed E-state index contributed by atoms with van der Waals surface area (Å²) in [5.74, 6) is -3.49. The summed E-state index contributed by atoms with van der Waals surface area (Å²) in [6.07, 6.45) is 0.970. The second-order valence-corrected chi connectivity index (χ2v) is 6.94. The van der Waals surface area contributed by atoms with E-state index in [9.17, 15) is 18.0 Å². The first-order valence-corrected chi connectivity index (χ1v) is 9.83. The fourth-order valence-corrected chi connectivity index (χ4v) is 2.91. The van der Waals surface area contributed by atoms with Gasteiger partial charge in [0.15, 0.2) is 12.4 Å². The Morgan fingerprint density at radius 1 is 0.750 bits per heavy atom. The van der Waals surface area contributed by atoms with Gasteiger partial charge in [0.1, 0.15) is 6.54 Å². The molecule has 0 saturated carbocycles. The summed E-state index contributed by atoms with van der Waals surface area (Å²) >= 11 is 0. The minimum absolute atomic E-state index is 0.227. The minimum Gasteiger partial charge on any atom is -0.481 e. The van der Waals surface area contributed by atoms with Gasteiger partial charge in [-0.3, -0.25) is 4.79 Å². The van der Waals surface area contributed by atoms with E-state index in [2.05, 4.69) is 47.3 Å². The van der Waals surface area contributed by atoms with E-state index >= 15 is 0 Å². The summed E-state index contributed by atoms with van der Waals surface area (Å²) in [5.41, 5.74) is 4.69. The second-order valence-electron chi connectivity index (χ2n) is 6.94. The first-order chi connectivity index (χ1) is 15.2. The van der Waals surface area contributed by atoms with Crippen molar-refractivity contribution in [3.8, 4) is 22.3 Å². The van der Waals surface area contributed by atoms with Gasteiger partial charge in [0.05, 0.1) is 0 Å². The van der Waals surface area contributed by atoms with E-state index in [0.717, 1.165) is 13.0 Å². The lowest BCUT2D eigenvalue weighted by atomic mass is 10.0. The molecule has 0 unspecified atom stereocenters. The van der Waals surface area contributed by atoms with Crippen molar-refractivity contribution in [3.05, 3.63) is 79.1 Å². The summed E-state index contributed by atoms with van der Waals surface area (Å²) in [6, 6.07) is 22.9. The Morgan fingerprint density at radius 2 is 1.19 bits per heavy atom. The lowest BCUT2D eigenvalue weighted by Crippen LogP contribution is -2.33. The summed E-state index contributed by atoms with van der Waals surface area (Å²) < 4.78 is 33.9. The van der Waals surface area contributed by atoms with Crippen LogP contribution in [-0.4, -0.2) is 28.3 Å². The molecule has 0 spiro atoms. The molecule has 1 aromatic heterocycles. The van der Waals surface area contributed by atoms with Gasteiger partial charge in [-0.25, -0.2) is 9.36 Å². The Balaban J connectivity index is 0.000000451. The van der Waals surface area contributed by atoms with Gasteiger partial charge >= 0.3 is 18.1 Å². The maximum absolute atomic E-state index is 10.7. The molecule has 3 rings (SSSR count). The Morgan fingerprint density at radius 3 is 1.56 bits per heavy atom. The molecule has 32 heavy (non-hydrogen) atoms. The van der Waals surface area contributed by atoms with Crippen LogP contribution in [0.2, 0.25) is 0 Å². The van der Waals surface area contributed by atoms with Crippen LogP contribution >= 0.6 is 0 Å². The second kappa shape index (κ2) is 11.6. The molecular formula is C24H23F3NO4+. The molecule has 0 radical (unpaired) electrons. The van der Waals surface area contributed by atoms with Crippen LogP contribution in [0.4, 0.5) is 13.2 Å². The van der Waals surface area contributed by atoms with Gasteiger partial charge in [-0.15, -0.1) is 0 Å². The third kappa shape index (κ3) is 8.22. The van der Waals surface area contributed by atoms with Crippen molar-refractivity contribution in [1.82, 2.24) is 0 Å². The number of hydrogen-bond donors (Lipinski definition) is 2. The molecule has 0 atom stereocenters. The highest BCUT2D eigenvalue weighted by atomic mass is 19.4. The van der Waals surface area contributed by atoms with Gasteiger partial charge in [-0.2, -0.15) is 13.2 Å². The van der Waals surface area contributed by atoms with Crippen LogP contribution in [0.5, 0.6) is 0 Å². The predicted octanol–water partition coefficient (Wildman–Crippen LogP) is 5.20. The molecule has 0 amide bonds. The van der Waals surface area contributed by atoms with Gasteiger partial charge < -0.3 is 10.2 Å². The zero-order chi connectivity index (χ0) is 23.6. The maximum atomic E-state index is 10.7. The fourth-order valence-electron chi connectivity index (χ4n) is 2.91. The number of halogens is 3. The third-order valence-electron chi connectivity index (χ3n) is 4.43. The summed E-state index contributed by atoms with van der Waals surface area (Å²) in [5, 5.41) is 15.9. The van der Waals surface area contributed by atoms with Crippen molar-refractivity contribution in [1.29, 1.82) is 0 Å². The highest BCUT2D eigenvalue weighted by Crippen LogP contribution is 2.24. The molecule has 8 heteroatoms. The van der Waals surface area contributed by atoms with Crippen LogP contribution in [0.1, 0.15) is 19.3 Å². The number of rotatable bonds is 7. The molecule has 2 N–H and O–H groups in total. The average molecular weight is 446 g/mol. The van der Waals surface area contributed by atoms with Crippen LogP contribution in [-0.2, 0) is 16.1 Å². The van der Waals surface area contributed by atoms with Gasteiger partial charge in [0.25, 0.3) is 0 Å². The molecule has 0 aliphatic carbocycles. The highest BCUT2D eigenvalue weighted by molar-refractivity contribution is 5.73. The number of unbranched alkanes of at least 4 members (excludes halogenated alkanes) is 1. The van der Waals surface area contributed by atoms with Crippen molar-refractivity contribution in [2.24, 2.45) is 0 Å². The molecule has 5 nitrogen and oxygen atoms in total. The van der Waals surface area contributed by atoms with E-state index in [-0.39, 0.29) is 6.42 Å². The minimum atomic E-state index is -5.08. The largest absolute Gasteiger partial charge is 0.490 e. The number of nitrogens with zero attached hydrogens (tertiary/aromatic N) is 1. The van der Waals surface area contributed by atoms with E-state index < -0.39 is 18.1 Å². The smallest absolute Gasteiger partial charge is 0.481 e. The normalized spacial score (nSPS) is 10.7.